The maximum absolute atomic E-state index is 12.5. The van der Waals surface area contributed by atoms with Crippen LogP contribution in [0.15, 0.2) is 66.7 Å². The predicted octanol–water partition coefficient (Wildman–Crippen LogP) is 5.18. The summed E-state index contributed by atoms with van der Waals surface area (Å²) in [5.41, 5.74) is 2.72. The molecule has 3 aromatic rings. The Balaban J connectivity index is 1.45. The van der Waals surface area contributed by atoms with Crippen LogP contribution in [0.2, 0.25) is 0 Å². The summed E-state index contributed by atoms with van der Waals surface area (Å²) in [5, 5.41) is 12.0. The third-order valence-corrected chi connectivity index (χ3v) is 7.42. The normalized spacial score (nSPS) is 22.1. The highest BCUT2D eigenvalue weighted by molar-refractivity contribution is 5.89. The lowest BCUT2D eigenvalue weighted by molar-refractivity contribution is -0.0510. The van der Waals surface area contributed by atoms with E-state index >= 15 is 0 Å². The van der Waals surface area contributed by atoms with Crippen molar-refractivity contribution >= 4 is 11.7 Å². The van der Waals surface area contributed by atoms with E-state index in [0.717, 1.165) is 28.1 Å². The van der Waals surface area contributed by atoms with Gasteiger partial charge in [0.2, 0.25) is 0 Å². The van der Waals surface area contributed by atoms with Crippen LogP contribution in [0.1, 0.15) is 54.2 Å². The number of para-hydroxylation sites is 1. The second-order valence-corrected chi connectivity index (χ2v) is 10.9. The first-order chi connectivity index (χ1) is 18.2. The molecule has 3 aromatic carbocycles. The van der Waals surface area contributed by atoms with Crippen molar-refractivity contribution < 1.29 is 28.8 Å². The van der Waals surface area contributed by atoms with Crippen LogP contribution in [0.4, 0.5) is 5.69 Å². The van der Waals surface area contributed by atoms with Gasteiger partial charge in [0.1, 0.15) is 23.7 Å². The molecule has 0 amide bonds. The third-order valence-electron chi connectivity index (χ3n) is 7.42. The van der Waals surface area contributed by atoms with E-state index in [1.165, 1.54) is 0 Å². The zero-order valence-corrected chi connectivity index (χ0v) is 22.6. The summed E-state index contributed by atoms with van der Waals surface area (Å²) < 4.78 is 23.7. The minimum atomic E-state index is -1.25. The molecular weight excluding hydrogens is 482 g/mol. The maximum atomic E-state index is 12.5. The van der Waals surface area contributed by atoms with Gasteiger partial charge in [-0.1, -0.05) is 63.2 Å². The molecule has 0 aliphatic carbocycles. The molecule has 2 heterocycles. The summed E-state index contributed by atoms with van der Waals surface area (Å²) >= 11 is 0. The van der Waals surface area contributed by atoms with E-state index in [1.807, 2.05) is 42.5 Å². The smallest absolute Gasteiger partial charge is 0.338 e. The Bertz CT molecular complexity index is 1320. The second-order valence-electron chi connectivity index (χ2n) is 10.9. The fraction of sp³-hybridized carbons (Fsp3) is 0.387. The number of aliphatic hydroxyl groups is 1. The number of methoxy groups -OCH3 is 2. The molecule has 7 nitrogen and oxygen atoms in total. The number of nitrogens with zero attached hydrogens (tertiary/aromatic N) is 1. The summed E-state index contributed by atoms with van der Waals surface area (Å²) in [6.45, 7) is 6.89. The van der Waals surface area contributed by atoms with E-state index in [4.69, 9.17) is 18.9 Å². The molecule has 0 saturated carbocycles. The van der Waals surface area contributed by atoms with E-state index < -0.39 is 23.9 Å². The van der Waals surface area contributed by atoms with Crippen molar-refractivity contribution in [3.8, 4) is 11.5 Å². The van der Waals surface area contributed by atoms with Gasteiger partial charge in [0.25, 0.3) is 0 Å². The summed E-state index contributed by atoms with van der Waals surface area (Å²) in [7, 11) is 3.32. The van der Waals surface area contributed by atoms with Crippen molar-refractivity contribution in [2.45, 2.75) is 57.1 Å². The number of benzene rings is 3. The SMILES string of the molecule is COc1ccc(C(C)(C)C)c(OC)c1CN1c2ccccc2C2(O)CC(COC(=O)c3ccccc3)OC12. The molecule has 38 heavy (non-hydrogen) atoms. The lowest BCUT2D eigenvalue weighted by atomic mass is 9.85. The minimum Gasteiger partial charge on any atom is -0.496 e. The molecule has 7 heteroatoms. The average Bonchev–Trinajstić information content (AvgIpc) is 3.36. The van der Waals surface area contributed by atoms with Gasteiger partial charge >= 0.3 is 5.97 Å². The molecule has 3 atom stereocenters. The number of hydrogen-bond donors (Lipinski definition) is 1. The number of ether oxygens (including phenoxy) is 4. The molecule has 2 aliphatic rings. The van der Waals surface area contributed by atoms with Crippen LogP contribution in [0.3, 0.4) is 0 Å². The topological polar surface area (TPSA) is 77.5 Å². The van der Waals surface area contributed by atoms with Gasteiger partial charge in [-0.3, -0.25) is 0 Å². The summed E-state index contributed by atoms with van der Waals surface area (Å²) in [6.07, 6.45) is -0.810. The van der Waals surface area contributed by atoms with Gasteiger partial charge in [-0.15, -0.1) is 0 Å². The maximum Gasteiger partial charge on any atom is 0.338 e. The Labute approximate surface area is 223 Å². The molecule has 0 aromatic heterocycles. The van der Waals surface area contributed by atoms with Crippen LogP contribution >= 0.6 is 0 Å². The molecule has 0 spiro atoms. The molecule has 1 N–H and O–H groups in total. The first kappa shape index (κ1) is 26.1. The zero-order valence-electron chi connectivity index (χ0n) is 22.6. The number of anilines is 1. The van der Waals surface area contributed by atoms with Gasteiger partial charge in [0.05, 0.1) is 38.0 Å². The van der Waals surface area contributed by atoms with Crippen molar-refractivity contribution in [1.29, 1.82) is 0 Å². The van der Waals surface area contributed by atoms with Crippen molar-refractivity contribution in [3.05, 3.63) is 89.0 Å². The number of rotatable bonds is 7. The molecule has 5 rings (SSSR count). The fourth-order valence-electron chi connectivity index (χ4n) is 5.62. The Morgan fingerprint density at radius 3 is 2.42 bits per heavy atom. The number of hydrogen-bond acceptors (Lipinski definition) is 7. The van der Waals surface area contributed by atoms with Crippen molar-refractivity contribution in [3.63, 3.8) is 0 Å². The monoisotopic (exact) mass is 517 g/mol. The van der Waals surface area contributed by atoms with Gasteiger partial charge < -0.3 is 29.0 Å². The van der Waals surface area contributed by atoms with Crippen LogP contribution in [0.5, 0.6) is 11.5 Å². The Kier molecular flexibility index (Phi) is 6.84. The van der Waals surface area contributed by atoms with Crippen molar-refractivity contribution in [2.24, 2.45) is 0 Å². The Hall–Kier alpha value is -3.55. The molecule has 1 fully saturated rings. The van der Waals surface area contributed by atoms with Crippen LogP contribution in [0.25, 0.3) is 0 Å². The Morgan fingerprint density at radius 2 is 1.74 bits per heavy atom. The second kappa shape index (κ2) is 9.97. The van der Waals surface area contributed by atoms with Gasteiger partial charge in [0, 0.05) is 23.2 Å². The van der Waals surface area contributed by atoms with Crippen LogP contribution < -0.4 is 14.4 Å². The number of carbonyl (C=O) groups excluding carboxylic acids is 1. The standard InChI is InChI=1S/C31H35NO6/c1-30(2,3)24-15-16-26(35-4)22(27(24)36-5)18-32-25-14-10-9-13-23(25)31(34)17-21(38-29(31)32)19-37-28(33)20-11-7-6-8-12-20/h6-16,21,29,34H,17-19H2,1-5H3. The van der Waals surface area contributed by atoms with Crippen LogP contribution in [-0.2, 0) is 27.0 Å². The molecule has 0 bridgehead atoms. The van der Waals surface area contributed by atoms with E-state index in [9.17, 15) is 9.90 Å². The Morgan fingerprint density at radius 1 is 1.03 bits per heavy atom. The number of carbonyl (C=O) groups is 1. The minimum absolute atomic E-state index is 0.0503. The highest BCUT2D eigenvalue weighted by Crippen LogP contribution is 2.53. The van der Waals surface area contributed by atoms with Gasteiger partial charge in [-0.25, -0.2) is 4.79 Å². The lowest BCUT2D eigenvalue weighted by Crippen LogP contribution is -2.41. The molecule has 2 aliphatic heterocycles. The van der Waals surface area contributed by atoms with Crippen molar-refractivity contribution in [1.82, 2.24) is 0 Å². The van der Waals surface area contributed by atoms with Crippen LogP contribution in [0, 0.1) is 0 Å². The summed E-state index contributed by atoms with van der Waals surface area (Å²) in [5.74, 6) is 1.05. The molecule has 0 radical (unpaired) electrons. The molecule has 200 valence electrons. The first-order valence-corrected chi connectivity index (χ1v) is 12.9. The molecular formula is C31H35NO6. The fourth-order valence-corrected chi connectivity index (χ4v) is 5.62. The number of fused-ring (bicyclic) bond motifs is 3. The quantitative estimate of drug-likeness (QED) is 0.433. The van der Waals surface area contributed by atoms with Gasteiger partial charge in [-0.05, 0) is 29.7 Å². The largest absolute Gasteiger partial charge is 0.496 e. The van der Waals surface area contributed by atoms with Crippen LogP contribution in [-0.4, -0.2) is 44.2 Å². The van der Waals surface area contributed by atoms with Gasteiger partial charge in [-0.2, -0.15) is 0 Å². The predicted molar refractivity (Wildman–Crippen MR) is 145 cm³/mol. The zero-order chi connectivity index (χ0) is 27.1. The highest BCUT2D eigenvalue weighted by Gasteiger charge is 2.57. The van der Waals surface area contributed by atoms with E-state index in [2.05, 4.69) is 25.7 Å². The van der Waals surface area contributed by atoms with E-state index in [1.54, 1.807) is 38.5 Å². The highest BCUT2D eigenvalue weighted by atomic mass is 16.6. The van der Waals surface area contributed by atoms with Gasteiger partial charge in [0.15, 0.2) is 6.23 Å². The van der Waals surface area contributed by atoms with E-state index in [-0.39, 0.29) is 12.0 Å². The lowest BCUT2D eigenvalue weighted by Gasteiger charge is -2.31. The summed E-state index contributed by atoms with van der Waals surface area (Å²) in [4.78, 5) is 14.6. The first-order valence-electron chi connectivity index (χ1n) is 12.9. The summed E-state index contributed by atoms with van der Waals surface area (Å²) in [6, 6.07) is 20.7. The van der Waals surface area contributed by atoms with Crippen molar-refractivity contribution in [2.75, 3.05) is 25.7 Å². The molecule has 3 unspecified atom stereocenters. The van der Waals surface area contributed by atoms with E-state index in [0.29, 0.717) is 24.3 Å². The third kappa shape index (κ3) is 4.50. The number of esters is 1. The molecule has 1 saturated heterocycles. The average molecular weight is 518 g/mol.